The van der Waals surface area contributed by atoms with Crippen LogP contribution in [0, 0.1) is 0 Å². The van der Waals surface area contributed by atoms with Crippen molar-refractivity contribution in [1.29, 1.82) is 0 Å². The molecule has 0 radical (unpaired) electrons. The monoisotopic (exact) mass is 484 g/mol. The fraction of sp³-hybridized carbons (Fsp3) is 0.538. The number of piperazine rings is 1. The van der Waals surface area contributed by atoms with Gasteiger partial charge in [-0.25, -0.2) is 13.8 Å². The summed E-state index contributed by atoms with van der Waals surface area (Å²) in [4.78, 5) is 11.5. The summed E-state index contributed by atoms with van der Waals surface area (Å²) in [5.74, 6) is 0.207. The lowest BCUT2D eigenvalue weighted by molar-refractivity contribution is 0.111. The first-order chi connectivity index (χ1) is 17.0. The zero-order valence-electron chi connectivity index (χ0n) is 20.1. The number of anilines is 1. The van der Waals surface area contributed by atoms with E-state index in [1.165, 1.54) is 12.5 Å². The molecule has 0 bridgehead atoms. The summed E-state index contributed by atoms with van der Waals surface area (Å²) in [5.41, 5.74) is 4.14. The normalized spacial score (nSPS) is 22.5. The largest absolute Gasteiger partial charge is 0.393 e. The number of nitrogens with one attached hydrogen (secondary N) is 2. The van der Waals surface area contributed by atoms with E-state index >= 15 is 0 Å². The highest BCUT2D eigenvalue weighted by Gasteiger charge is 2.25. The van der Waals surface area contributed by atoms with E-state index in [0.29, 0.717) is 0 Å². The number of aromatic nitrogens is 3. The Labute approximate surface area is 204 Å². The van der Waals surface area contributed by atoms with Crippen LogP contribution in [-0.4, -0.2) is 69.3 Å². The van der Waals surface area contributed by atoms with Gasteiger partial charge >= 0.3 is 0 Å². The number of benzene rings is 1. The van der Waals surface area contributed by atoms with Crippen LogP contribution in [0.3, 0.4) is 0 Å². The van der Waals surface area contributed by atoms with Crippen molar-refractivity contribution in [2.75, 3.05) is 31.5 Å². The van der Waals surface area contributed by atoms with Gasteiger partial charge in [0.1, 0.15) is 5.65 Å². The number of aliphatic hydroxyl groups is 1. The molecule has 1 saturated heterocycles. The molecule has 2 fully saturated rings. The lowest BCUT2D eigenvalue weighted by Gasteiger charge is -2.27. The molecule has 5 rings (SSSR count). The molecule has 1 aliphatic heterocycles. The lowest BCUT2D eigenvalue weighted by Crippen LogP contribution is -2.42. The molecule has 9 heteroatoms. The molecule has 0 unspecified atom stereocenters. The molecule has 3 aromatic rings. The number of alkyl halides is 2. The van der Waals surface area contributed by atoms with Crippen molar-refractivity contribution in [2.24, 2.45) is 0 Å². The molecule has 1 aliphatic carbocycles. The average Bonchev–Trinajstić information content (AvgIpc) is 3.24. The van der Waals surface area contributed by atoms with Gasteiger partial charge in [-0.2, -0.15) is 4.98 Å². The van der Waals surface area contributed by atoms with Crippen molar-refractivity contribution in [1.82, 2.24) is 24.8 Å². The van der Waals surface area contributed by atoms with Gasteiger partial charge in [-0.15, -0.1) is 0 Å². The smallest absolute Gasteiger partial charge is 0.258 e. The van der Waals surface area contributed by atoms with E-state index in [2.05, 4.69) is 60.5 Å². The van der Waals surface area contributed by atoms with E-state index in [-0.39, 0.29) is 18.1 Å². The molecule has 0 spiro atoms. The van der Waals surface area contributed by atoms with Gasteiger partial charge in [0.2, 0.25) is 5.95 Å². The van der Waals surface area contributed by atoms with E-state index in [1.807, 2.05) is 0 Å². The second-order valence-electron chi connectivity index (χ2n) is 9.83. The summed E-state index contributed by atoms with van der Waals surface area (Å²) in [6.07, 6.45) is 4.31. The van der Waals surface area contributed by atoms with Crippen LogP contribution in [0.5, 0.6) is 0 Å². The number of hydrogen-bond donors (Lipinski definition) is 3. The van der Waals surface area contributed by atoms with Gasteiger partial charge < -0.3 is 20.3 Å². The lowest BCUT2D eigenvalue weighted by atomic mass is 9.93. The van der Waals surface area contributed by atoms with Gasteiger partial charge in [-0.05, 0) is 43.7 Å². The summed E-state index contributed by atoms with van der Waals surface area (Å²) in [6.45, 7) is 6.54. The summed E-state index contributed by atoms with van der Waals surface area (Å²) < 4.78 is 28.3. The predicted octanol–water partition coefficient (Wildman–Crippen LogP) is 4.05. The van der Waals surface area contributed by atoms with E-state index in [1.54, 1.807) is 6.20 Å². The van der Waals surface area contributed by atoms with Crippen LogP contribution in [-0.2, 0) is 6.54 Å². The highest BCUT2D eigenvalue weighted by molar-refractivity contribution is 5.94. The summed E-state index contributed by atoms with van der Waals surface area (Å²) in [6, 6.07) is 7.82. The van der Waals surface area contributed by atoms with Crippen LogP contribution >= 0.6 is 0 Å². The standard InChI is InChI=1S/C26H34F2N6O/c1-17(24(27)28)31-26-30-14-22-23(16-34(25(22)32-26)20-6-8-21(35)9-7-20)19-4-2-18(3-5-19)15-33-12-10-29-11-13-33/h2-5,14,16-17,20-21,24,29,35H,6-13,15H2,1H3,(H,30,31,32)/t17-,20?,21?/m0/s1. The first-order valence-corrected chi connectivity index (χ1v) is 12.6. The number of hydrogen-bond acceptors (Lipinski definition) is 6. The van der Waals surface area contributed by atoms with Crippen LogP contribution in [0.15, 0.2) is 36.7 Å². The van der Waals surface area contributed by atoms with E-state index < -0.39 is 12.5 Å². The zero-order valence-corrected chi connectivity index (χ0v) is 20.1. The molecule has 7 nitrogen and oxygen atoms in total. The molecule has 1 aromatic carbocycles. The molecule has 35 heavy (non-hydrogen) atoms. The Balaban J connectivity index is 1.46. The van der Waals surface area contributed by atoms with Gasteiger partial charge in [0.05, 0.1) is 12.1 Å². The first kappa shape index (κ1) is 24.1. The maximum Gasteiger partial charge on any atom is 0.258 e. The molecule has 1 saturated carbocycles. The summed E-state index contributed by atoms with van der Waals surface area (Å²) in [5, 5.41) is 17.0. The van der Waals surface area contributed by atoms with Crippen LogP contribution in [0.25, 0.3) is 22.2 Å². The topological polar surface area (TPSA) is 78.2 Å². The SMILES string of the molecule is C[C@H](Nc1ncc2c(-c3ccc(CN4CCNCC4)cc3)cn(C3CCC(O)CC3)c2n1)C(F)F. The minimum Gasteiger partial charge on any atom is -0.393 e. The first-order valence-electron chi connectivity index (χ1n) is 12.6. The van der Waals surface area contributed by atoms with E-state index in [0.717, 1.165) is 80.6 Å². The third-order valence-corrected chi connectivity index (χ3v) is 7.25. The Morgan fingerprint density at radius 2 is 1.83 bits per heavy atom. The number of fused-ring (bicyclic) bond motifs is 1. The van der Waals surface area contributed by atoms with Crippen LogP contribution in [0.1, 0.15) is 44.2 Å². The quantitative estimate of drug-likeness (QED) is 0.470. The Bertz CT molecular complexity index is 1120. The van der Waals surface area contributed by atoms with Gasteiger partial charge in [0.15, 0.2) is 0 Å². The maximum atomic E-state index is 13.1. The zero-order chi connectivity index (χ0) is 24.4. The predicted molar refractivity (Wildman–Crippen MR) is 134 cm³/mol. The molecule has 1 atom stereocenters. The van der Waals surface area contributed by atoms with Crippen LogP contribution < -0.4 is 10.6 Å². The highest BCUT2D eigenvalue weighted by atomic mass is 19.3. The number of aliphatic hydroxyl groups excluding tert-OH is 1. The summed E-state index contributed by atoms with van der Waals surface area (Å²) in [7, 11) is 0. The maximum absolute atomic E-state index is 13.1. The molecule has 3 heterocycles. The molecule has 0 amide bonds. The minimum atomic E-state index is -2.50. The third kappa shape index (κ3) is 5.47. The molecule has 188 valence electrons. The number of rotatable bonds is 7. The molecule has 3 N–H and O–H groups in total. The van der Waals surface area contributed by atoms with Crippen molar-refractivity contribution in [3.05, 3.63) is 42.2 Å². The average molecular weight is 485 g/mol. The van der Waals surface area contributed by atoms with Gasteiger partial charge in [-0.1, -0.05) is 24.3 Å². The second-order valence-corrected chi connectivity index (χ2v) is 9.83. The molecule has 2 aromatic heterocycles. The molecule has 2 aliphatic rings. The second kappa shape index (κ2) is 10.6. The summed E-state index contributed by atoms with van der Waals surface area (Å²) >= 11 is 0. The molecular formula is C26H34F2N6O. The third-order valence-electron chi connectivity index (χ3n) is 7.25. The van der Waals surface area contributed by atoms with E-state index in [9.17, 15) is 13.9 Å². The molecular weight excluding hydrogens is 450 g/mol. The van der Waals surface area contributed by atoms with Crippen molar-refractivity contribution in [2.45, 2.75) is 63.8 Å². The Morgan fingerprint density at radius 1 is 1.11 bits per heavy atom. The van der Waals surface area contributed by atoms with E-state index in [4.69, 9.17) is 0 Å². The highest BCUT2D eigenvalue weighted by Crippen LogP contribution is 2.37. The fourth-order valence-electron chi connectivity index (χ4n) is 5.13. The van der Waals surface area contributed by atoms with Gasteiger partial charge in [0, 0.05) is 62.1 Å². The Kier molecular flexibility index (Phi) is 7.27. The van der Waals surface area contributed by atoms with Crippen molar-refractivity contribution in [3.8, 4) is 11.1 Å². The Hall–Kier alpha value is -2.62. The van der Waals surface area contributed by atoms with Crippen molar-refractivity contribution >= 4 is 17.0 Å². The minimum absolute atomic E-state index is 0.205. The Morgan fingerprint density at radius 3 is 2.51 bits per heavy atom. The van der Waals surface area contributed by atoms with Gasteiger partial charge in [-0.3, -0.25) is 4.90 Å². The van der Waals surface area contributed by atoms with Gasteiger partial charge in [0.25, 0.3) is 6.43 Å². The van der Waals surface area contributed by atoms with Crippen LogP contribution in [0.4, 0.5) is 14.7 Å². The van der Waals surface area contributed by atoms with Crippen molar-refractivity contribution in [3.63, 3.8) is 0 Å². The number of nitrogens with zero attached hydrogens (tertiary/aromatic N) is 4. The number of halogens is 2. The fourth-order valence-corrected chi connectivity index (χ4v) is 5.13. The van der Waals surface area contributed by atoms with Crippen molar-refractivity contribution < 1.29 is 13.9 Å². The van der Waals surface area contributed by atoms with Crippen LogP contribution in [0.2, 0.25) is 0 Å².